The zero-order chi connectivity index (χ0) is 16.7. The highest BCUT2D eigenvalue weighted by molar-refractivity contribution is 5.81. The van der Waals surface area contributed by atoms with Crippen molar-refractivity contribution in [1.82, 2.24) is 24.4 Å². The van der Waals surface area contributed by atoms with Crippen molar-refractivity contribution in [2.45, 2.75) is 30.8 Å². The Morgan fingerprint density at radius 2 is 2.13 bits per heavy atom. The average molecular weight is 324 g/mol. The molecule has 0 spiro atoms. The van der Waals surface area contributed by atoms with E-state index < -0.39 is 30.8 Å². The number of imidazole rings is 1. The van der Waals surface area contributed by atoms with Crippen LogP contribution in [0.3, 0.4) is 0 Å². The average Bonchev–Trinajstić information content (AvgIpc) is 3.09. The summed E-state index contributed by atoms with van der Waals surface area (Å²) in [4.78, 5) is 23.6. The minimum atomic E-state index is -1.42. The largest absolute Gasteiger partial charge is 0.387 e. The van der Waals surface area contributed by atoms with Crippen molar-refractivity contribution < 1.29 is 24.9 Å². The zero-order valence-corrected chi connectivity index (χ0v) is 12.1. The number of nitrogens with two attached hydrogens (primary N) is 1. The maximum Gasteiger partial charge on any atom is 0.211 e. The van der Waals surface area contributed by atoms with E-state index in [2.05, 4.69) is 15.0 Å². The molecular weight excluding hydrogens is 308 g/mol. The first-order chi connectivity index (χ1) is 11.0. The van der Waals surface area contributed by atoms with E-state index >= 15 is 0 Å². The summed E-state index contributed by atoms with van der Waals surface area (Å²) >= 11 is 0. The quantitative estimate of drug-likeness (QED) is 0.350. The molecule has 23 heavy (non-hydrogen) atoms. The van der Waals surface area contributed by atoms with Crippen molar-refractivity contribution in [3.8, 4) is 0 Å². The molecule has 0 radical (unpaired) electrons. The lowest BCUT2D eigenvalue weighted by Gasteiger charge is -2.26. The highest BCUT2D eigenvalue weighted by atomic mass is 16.6. The molecule has 3 heterocycles. The number of hydrogen-bond acceptors (Lipinski definition) is 9. The van der Waals surface area contributed by atoms with E-state index in [-0.39, 0.29) is 5.82 Å². The SMILES string of the molecule is CN(C=O)C(O)[C@H]1O[C@@H](n2cnc3c(N)ncnc32)[C@H](O)[C@@H]1O. The second kappa shape index (κ2) is 5.70. The van der Waals surface area contributed by atoms with Crippen LogP contribution in [0, 0.1) is 0 Å². The number of carbonyl (C=O) groups excluding carboxylic acids is 1. The van der Waals surface area contributed by atoms with Crippen LogP contribution in [0.25, 0.3) is 11.2 Å². The van der Waals surface area contributed by atoms with Crippen molar-refractivity contribution in [3.63, 3.8) is 0 Å². The summed E-state index contributed by atoms with van der Waals surface area (Å²) in [6.45, 7) is 0. The van der Waals surface area contributed by atoms with Gasteiger partial charge in [0.25, 0.3) is 0 Å². The molecule has 2 aromatic heterocycles. The lowest BCUT2D eigenvalue weighted by molar-refractivity contribution is -0.149. The highest BCUT2D eigenvalue weighted by Crippen LogP contribution is 2.33. The summed E-state index contributed by atoms with van der Waals surface area (Å²) in [5.41, 5.74) is 6.34. The van der Waals surface area contributed by atoms with Crippen molar-refractivity contribution in [1.29, 1.82) is 0 Å². The number of ether oxygens (including phenoxy) is 1. The molecule has 1 fully saturated rings. The number of fused-ring (bicyclic) bond motifs is 1. The summed E-state index contributed by atoms with van der Waals surface area (Å²) in [6, 6.07) is 0. The third kappa shape index (κ3) is 2.39. The maximum absolute atomic E-state index is 10.7. The van der Waals surface area contributed by atoms with E-state index in [1.54, 1.807) is 0 Å². The van der Waals surface area contributed by atoms with Gasteiger partial charge in [-0.05, 0) is 0 Å². The number of likely N-dealkylation sites (N-methyl/N-ethyl adjacent to an activating group) is 1. The third-order valence-corrected chi connectivity index (χ3v) is 3.81. The summed E-state index contributed by atoms with van der Waals surface area (Å²) in [5, 5.41) is 30.3. The summed E-state index contributed by atoms with van der Waals surface area (Å²) < 4.78 is 6.92. The number of carbonyl (C=O) groups is 1. The number of amides is 1. The molecule has 1 aliphatic heterocycles. The number of aliphatic hydroxyl groups excluding tert-OH is 3. The smallest absolute Gasteiger partial charge is 0.211 e. The Bertz CT molecular complexity index is 723. The fourth-order valence-corrected chi connectivity index (χ4v) is 2.51. The Morgan fingerprint density at radius 1 is 1.39 bits per heavy atom. The lowest BCUT2D eigenvalue weighted by atomic mass is 10.1. The minimum Gasteiger partial charge on any atom is -0.387 e. The van der Waals surface area contributed by atoms with Gasteiger partial charge in [-0.15, -0.1) is 0 Å². The second-order valence-corrected chi connectivity index (χ2v) is 5.24. The zero-order valence-electron chi connectivity index (χ0n) is 12.1. The first-order valence-corrected chi connectivity index (χ1v) is 6.75. The summed E-state index contributed by atoms with van der Waals surface area (Å²) in [7, 11) is 1.33. The molecule has 11 heteroatoms. The van der Waals surface area contributed by atoms with Gasteiger partial charge in [0.2, 0.25) is 6.41 Å². The van der Waals surface area contributed by atoms with Crippen LogP contribution >= 0.6 is 0 Å². The molecule has 3 rings (SSSR count). The predicted octanol–water partition coefficient (Wildman–Crippen LogP) is -2.57. The van der Waals surface area contributed by atoms with E-state index in [0.717, 1.165) is 4.90 Å². The van der Waals surface area contributed by atoms with Gasteiger partial charge < -0.3 is 30.7 Å². The van der Waals surface area contributed by atoms with Crippen LogP contribution in [-0.2, 0) is 9.53 Å². The fraction of sp³-hybridized carbons (Fsp3) is 0.500. The van der Waals surface area contributed by atoms with Crippen molar-refractivity contribution in [2.24, 2.45) is 0 Å². The molecule has 5 N–H and O–H groups in total. The second-order valence-electron chi connectivity index (χ2n) is 5.24. The molecule has 1 aliphatic rings. The Labute approximate surface area is 129 Å². The fourth-order valence-electron chi connectivity index (χ4n) is 2.51. The number of aromatic nitrogens is 4. The molecule has 11 nitrogen and oxygen atoms in total. The number of nitrogen functional groups attached to an aromatic ring is 1. The highest BCUT2D eigenvalue weighted by Gasteiger charge is 2.48. The number of aliphatic hydroxyl groups is 3. The molecule has 1 amide bonds. The van der Waals surface area contributed by atoms with Gasteiger partial charge in [-0.25, -0.2) is 15.0 Å². The van der Waals surface area contributed by atoms with Crippen LogP contribution in [0.4, 0.5) is 5.82 Å². The van der Waals surface area contributed by atoms with Gasteiger partial charge in [0, 0.05) is 7.05 Å². The monoisotopic (exact) mass is 324 g/mol. The van der Waals surface area contributed by atoms with Gasteiger partial charge in [-0.2, -0.15) is 0 Å². The molecule has 0 saturated carbocycles. The molecule has 0 aromatic carbocycles. The van der Waals surface area contributed by atoms with Gasteiger partial charge in [-0.3, -0.25) is 9.36 Å². The number of hydrogen-bond donors (Lipinski definition) is 4. The topological polar surface area (TPSA) is 160 Å². The van der Waals surface area contributed by atoms with E-state index in [4.69, 9.17) is 10.5 Å². The molecule has 1 unspecified atom stereocenters. The molecule has 2 aromatic rings. The number of nitrogens with zero attached hydrogens (tertiary/aromatic N) is 5. The number of rotatable bonds is 4. The van der Waals surface area contributed by atoms with Crippen LogP contribution in [0.15, 0.2) is 12.7 Å². The van der Waals surface area contributed by atoms with Crippen LogP contribution < -0.4 is 5.73 Å². The van der Waals surface area contributed by atoms with Crippen LogP contribution in [0.2, 0.25) is 0 Å². The molecular formula is C12H16N6O5. The van der Waals surface area contributed by atoms with Gasteiger partial charge >= 0.3 is 0 Å². The van der Waals surface area contributed by atoms with Crippen LogP contribution in [0.1, 0.15) is 6.23 Å². The van der Waals surface area contributed by atoms with Crippen LogP contribution in [-0.4, -0.2) is 77.7 Å². The standard InChI is InChI=1S/C12H16N6O5/c1-17(4-19)11(22)8-6(20)7(21)12(23-8)18-3-16-5-9(13)14-2-15-10(5)18/h2-4,6-8,11-12,20-22H,1H3,(H2,13,14,15)/t6-,7+,8-,11?,12+/m0/s1. The van der Waals surface area contributed by atoms with Gasteiger partial charge in [0.15, 0.2) is 23.9 Å². The minimum absolute atomic E-state index is 0.166. The number of anilines is 1. The van der Waals surface area contributed by atoms with Gasteiger partial charge in [0.1, 0.15) is 30.2 Å². The summed E-state index contributed by atoms with van der Waals surface area (Å²) in [6.07, 6.45) is -3.46. The molecule has 0 aliphatic carbocycles. The first kappa shape index (κ1) is 15.6. The molecule has 0 bridgehead atoms. The van der Waals surface area contributed by atoms with E-state index in [1.807, 2.05) is 0 Å². The van der Waals surface area contributed by atoms with Crippen molar-refractivity contribution >= 4 is 23.4 Å². The first-order valence-electron chi connectivity index (χ1n) is 6.75. The lowest BCUT2D eigenvalue weighted by Crippen LogP contribution is -2.46. The van der Waals surface area contributed by atoms with Crippen molar-refractivity contribution in [3.05, 3.63) is 12.7 Å². The van der Waals surface area contributed by atoms with E-state index in [9.17, 15) is 20.1 Å². The Balaban J connectivity index is 1.94. The van der Waals surface area contributed by atoms with E-state index in [1.165, 1.54) is 24.3 Å². The Kier molecular flexibility index (Phi) is 3.85. The third-order valence-electron chi connectivity index (χ3n) is 3.81. The Morgan fingerprint density at radius 3 is 2.83 bits per heavy atom. The Hall–Kier alpha value is -2.34. The maximum atomic E-state index is 10.7. The normalized spacial score (nSPS) is 28.9. The van der Waals surface area contributed by atoms with Gasteiger partial charge in [0.05, 0.1) is 6.33 Å². The molecule has 5 atom stereocenters. The molecule has 1 saturated heterocycles. The molecule has 124 valence electrons. The van der Waals surface area contributed by atoms with E-state index in [0.29, 0.717) is 17.6 Å². The van der Waals surface area contributed by atoms with Crippen molar-refractivity contribution in [2.75, 3.05) is 12.8 Å². The summed E-state index contributed by atoms with van der Waals surface area (Å²) in [5.74, 6) is 0.166. The van der Waals surface area contributed by atoms with Gasteiger partial charge in [-0.1, -0.05) is 0 Å². The predicted molar refractivity (Wildman–Crippen MR) is 75.5 cm³/mol. The van der Waals surface area contributed by atoms with Crippen LogP contribution in [0.5, 0.6) is 0 Å².